The maximum Gasteiger partial charge on any atom is 0.227 e. The van der Waals surface area contributed by atoms with E-state index in [0.29, 0.717) is 6.42 Å². The van der Waals surface area contributed by atoms with Crippen LogP contribution in [0.25, 0.3) is 0 Å². The predicted octanol–water partition coefficient (Wildman–Crippen LogP) is 4.80. The van der Waals surface area contributed by atoms with Gasteiger partial charge in [0.25, 0.3) is 0 Å². The average Bonchev–Trinajstić information content (AvgIpc) is 2.72. The van der Waals surface area contributed by atoms with Crippen LogP contribution in [0.15, 0.2) is 48.5 Å². The van der Waals surface area contributed by atoms with Crippen molar-refractivity contribution in [2.45, 2.75) is 45.1 Å². The van der Waals surface area contributed by atoms with Crippen molar-refractivity contribution in [3.63, 3.8) is 0 Å². The van der Waals surface area contributed by atoms with Crippen molar-refractivity contribution in [2.24, 2.45) is 5.92 Å². The number of likely N-dealkylation sites (tertiary alicyclic amines) is 1. The third-order valence-electron chi connectivity index (χ3n) is 6.21. The topological polar surface area (TPSA) is 23.6 Å². The lowest BCUT2D eigenvalue weighted by atomic mass is 9.91. The third-order valence-corrected chi connectivity index (χ3v) is 6.21. The fourth-order valence-electron chi connectivity index (χ4n) is 4.56. The van der Waals surface area contributed by atoms with Crippen molar-refractivity contribution < 1.29 is 9.18 Å². The molecule has 0 N–H and O–H groups in total. The van der Waals surface area contributed by atoms with Crippen molar-refractivity contribution in [2.75, 3.05) is 24.5 Å². The van der Waals surface area contributed by atoms with Gasteiger partial charge in [-0.2, -0.15) is 0 Å². The lowest BCUT2D eigenvalue weighted by Gasteiger charge is -2.33. The number of fused-ring (bicyclic) bond motifs is 1. The van der Waals surface area contributed by atoms with Crippen molar-refractivity contribution in [1.82, 2.24) is 4.90 Å². The highest BCUT2D eigenvalue weighted by Gasteiger charge is 2.24. The molecule has 28 heavy (non-hydrogen) atoms. The number of anilines is 1. The molecule has 0 saturated carbocycles. The summed E-state index contributed by atoms with van der Waals surface area (Å²) in [5.41, 5.74) is 3.60. The Hall–Kier alpha value is -2.20. The molecule has 0 atom stereocenters. The second kappa shape index (κ2) is 8.87. The van der Waals surface area contributed by atoms with Gasteiger partial charge < -0.3 is 4.90 Å². The van der Waals surface area contributed by atoms with Crippen LogP contribution in [-0.2, 0) is 17.8 Å². The Balaban J connectivity index is 1.22. The summed E-state index contributed by atoms with van der Waals surface area (Å²) in [7, 11) is 0. The molecule has 0 bridgehead atoms. The second-order valence-corrected chi connectivity index (χ2v) is 8.16. The molecule has 1 fully saturated rings. The summed E-state index contributed by atoms with van der Waals surface area (Å²) in [5, 5.41) is 0. The van der Waals surface area contributed by atoms with Crippen LogP contribution in [0.4, 0.5) is 10.1 Å². The molecule has 0 aromatic heterocycles. The number of para-hydroxylation sites is 1. The van der Waals surface area contributed by atoms with E-state index in [1.165, 1.54) is 30.4 Å². The number of hydrogen-bond donors (Lipinski definition) is 0. The molecule has 4 heteroatoms. The van der Waals surface area contributed by atoms with E-state index >= 15 is 0 Å². The number of piperidine rings is 1. The van der Waals surface area contributed by atoms with Crippen LogP contribution in [0, 0.1) is 11.7 Å². The number of carbonyl (C=O) groups excluding carboxylic acids is 1. The molecule has 2 aliphatic heterocycles. The van der Waals surface area contributed by atoms with E-state index < -0.39 is 0 Å². The van der Waals surface area contributed by atoms with E-state index in [1.807, 2.05) is 23.1 Å². The highest BCUT2D eigenvalue weighted by Crippen LogP contribution is 2.29. The Morgan fingerprint density at radius 1 is 0.964 bits per heavy atom. The molecule has 0 aliphatic carbocycles. The highest BCUT2D eigenvalue weighted by molar-refractivity contribution is 5.96. The number of hydrogen-bond acceptors (Lipinski definition) is 2. The molecule has 0 radical (unpaired) electrons. The predicted molar refractivity (Wildman–Crippen MR) is 111 cm³/mol. The fourth-order valence-corrected chi connectivity index (χ4v) is 4.56. The molecule has 0 spiro atoms. The van der Waals surface area contributed by atoms with Crippen LogP contribution < -0.4 is 4.90 Å². The van der Waals surface area contributed by atoms with Crippen LogP contribution in [0.3, 0.4) is 0 Å². The van der Waals surface area contributed by atoms with Gasteiger partial charge in [0.05, 0.1) is 0 Å². The lowest BCUT2D eigenvalue weighted by Crippen LogP contribution is -2.36. The zero-order valence-electron chi connectivity index (χ0n) is 16.4. The summed E-state index contributed by atoms with van der Waals surface area (Å²) in [6.07, 6.45) is 6.20. The van der Waals surface area contributed by atoms with E-state index in [-0.39, 0.29) is 11.7 Å². The molecule has 2 heterocycles. The Morgan fingerprint density at radius 2 is 1.71 bits per heavy atom. The second-order valence-electron chi connectivity index (χ2n) is 8.16. The summed E-state index contributed by atoms with van der Waals surface area (Å²) < 4.78 is 13.0. The Labute approximate surface area is 167 Å². The molecule has 2 aromatic rings. The first-order valence-electron chi connectivity index (χ1n) is 10.5. The first-order chi connectivity index (χ1) is 13.7. The van der Waals surface area contributed by atoms with Gasteiger partial charge in [0, 0.05) is 25.2 Å². The van der Waals surface area contributed by atoms with Crippen LogP contribution in [0.1, 0.15) is 43.2 Å². The van der Waals surface area contributed by atoms with Crippen molar-refractivity contribution in [3.05, 3.63) is 65.5 Å². The van der Waals surface area contributed by atoms with Crippen molar-refractivity contribution in [1.29, 1.82) is 0 Å². The van der Waals surface area contributed by atoms with Gasteiger partial charge in [-0.25, -0.2) is 4.39 Å². The summed E-state index contributed by atoms with van der Waals surface area (Å²) in [6, 6.07) is 15.2. The Morgan fingerprint density at radius 3 is 2.50 bits per heavy atom. The SMILES string of the molecule is O=C1CCc2ccccc2N1CCCC1CCN(Cc2ccc(F)cc2)CC1. The quantitative estimate of drug-likeness (QED) is 0.719. The number of benzene rings is 2. The molecular weight excluding hydrogens is 351 g/mol. The van der Waals surface area contributed by atoms with Gasteiger partial charge in [0.2, 0.25) is 5.91 Å². The first kappa shape index (κ1) is 19.1. The minimum absolute atomic E-state index is 0.169. The molecular formula is C24H29FN2O. The normalized spacial score (nSPS) is 18.3. The number of aryl methyl sites for hydroxylation is 1. The molecule has 2 aliphatic rings. The molecule has 3 nitrogen and oxygen atoms in total. The van der Waals surface area contributed by atoms with Crippen molar-refractivity contribution >= 4 is 11.6 Å². The van der Waals surface area contributed by atoms with Crippen molar-refractivity contribution in [3.8, 4) is 0 Å². The van der Waals surface area contributed by atoms with Gasteiger partial charge in [-0.05, 0) is 80.4 Å². The minimum Gasteiger partial charge on any atom is -0.312 e. The summed E-state index contributed by atoms with van der Waals surface area (Å²) in [4.78, 5) is 16.8. The molecule has 1 saturated heterocycles. The lowest BCUT2D eigenvalue weighted by molar-refractivity contribution is -0.118. The van der Waals surface area contributed by atoms with E-state index in [1.54, 1.807) is 12.1 Å². The third kappa shape index (κ3) is 4.61. The average molecular weight is 381 g/mol. The van der Waals surface area contributed by atoms with Crippen LogP contribution in [0.2, 0.25) is 0 Å². The number of halogens is 1. The summed E-state index contributed by atoms with van der Waals surface area (Å²) in [5.74, 6) is 0.852. The van der Waals surface area contributed by atoms with Gasteiger partial charge in [-0.1, -0.05) is 30.3 Å². The Bertz CT molecular complexity index is 797. The number of amides is 1. The first-order valence-corrected chi connectivity index (χ1v) is 10.5. The maximum absolute atomic E-state index is 13.0. The Kier molecular flexibility index (Phi) is 6.06. The van der Waals surface area contributed by atoms with E-state index in [2.05, 4.69) is 23.1 Å². The van der Waals surface area contributed by atoms with Gasteiger partial charge in [-0.15, -0.1) is 0 Å². The number of nitrogens with zero attached hydrogens (tertiary/aromatic N) is 2. The molecule has 2 aromatic carbocycles. The smallest absolute Gasteiger partial charge is 0.227 e. The molecule has 148 valence electrons. The van der Waals surface area contributed by atoms with Gasteiger partial charge in [-0.3, -0.25) is 9.69 Å². The largest absolute Gasteiger partial charge is 0.312 e. The highest BCUT2D eigenvalue weighted by atomic mass is 19.1. The zero-order valence-corrected chi connectivity index (χ0v) is 16.4. The maximum atomic E-state index is 13.0. The van der Waals surface area contributed by atoms with Gasteiger partial charge in [0.1, 0.15) is 5.82 Å². The zero-order chi connectivity index (χ0) is 19.3. The molecule has 0 unspecified atom stereocenters. The minimum atomic E-state index is -0.169. The van der Waals surface area contributed by atoms with Crippen LogP contribution in [0.5, 0.6) is 0 Å². The van der Waals surface area contributed by atoms with Crippen LogP contribution >= 0.6 is 0 Å². The monoisotopic (exact) mass is 380 g/mol. The summed E-state index contributed by atoms with van der Waals surface area (Å²) >= 11 is 0. The summed E-state index contributed by atoms with van der Waals surface area (Å²) in [6.45, 7) is 3.96. The number of carbonyl (C=O) groups is 1. The number of rotatable bonds is 6. The van der Waals surface area contributed by atoms with Crippen LogP contribution in [-0.4, -0.2) is 30.4 Å². The van der Waals surface area contributed by atoms with Gasteiger partial charge >= 0.3 is 0 Å². The molecule has 1 amide bonds. The molecule has 4 rings (SSSR count). The van der Waals surface area contributed by atoms with E-state index in [0.717, 1.165) is 50.6 Å². The standard InChI is InChI=1S/C24H29FN2O/c25-22-10-7-20(8-11-22)18-26-16-13-19(14-17-26)4-3-15-27-23-6-2-1-5-21(23)9-12-24(27)28/h1-2,5-8,10-11,19H,3-4,9,12-18H2. The van der Waals surface area contributed by atoms with Gasteiger partial charge in [0.15, 0.2) is 0 Å². The van der Waals surface area contributed by atoms with E-state index in [9.17, 15) is 9.18 Å². The fraction of sp³-hybridized carbons (Fsp3) is 0.458. The van der Waals surface area contributed by atoms with E-state index in [4.69, 9.17) is 0 Å².